The number of hydrogen-bond donors (Lipinski definition) is 3. The second-order valence-electron chi connectivity index (χ2n) is 5.16. The van der Waals surface area contributed by atoms with Gasteiger partial charge >= 0.3 is 0 Å². The number of anilines is 1. The fourth-order valence-electron chi connectivity index (χ4n) is 2.75. The summed E-state index contributed by atoms with van der Waals surface area (Å²) in [7, 11) is 0. The van der Waals surface area contributed by atoms with E-state index in [0.717, 1.165) is 0 Å². The van der Waals surface area contributed by atoms with E-state index in [4.69, 9.17) is 11.5 Å². The lowest BCUT2D eigenvalue weighted by atomic mass is 9.84. The van der Waals surface area contributed by atoms with Gasteiger partial charge < -0.3 is 16.8 Å². The Bertz CT molecular complexity index is 429. The summed E-state index contributed by atoms with van der Waals surface area (Å²) in [6.07, 6.45) is 6.30. The van der Waals surface area contributed by atoms with Crippen LogP contribution in [0.15, 0.2) is 18.2 Å². The van der Waals surface area contributed by atoms with Crippen molar-refractivity contribution in [2.45, 2.75) is 38.1 Å². The molecule has 19 heavy (non-hydrogen) atoms. The number of pyridine rings is 1. The maximum absolute atomic E-state index is 11.1. The zero-order chi connectivity index (χ0) is 13.7. The van der Waals surface area contributed by atoms with Gasteiger partial charge in [-0.15, -0.1) is 0 Å². The minimum absolute atomic E-state index is 0.218. The highest BCUT2D eigenvalue weighted by Crippen LogP contribution is 2.27. The van der Waals surface area contributed by atoms with E-state index in [2.05, 4.69) is 10.3 Å². The van der Waals surface area contributed by atoms with Crippen LogP contribution >= 0.6 is 0 Å². The normalized spacial score (nSPS) is 17.9. The Balaban J connectivity index is 2.04. The molecule has 5 heteroatoms. The number of nitrogens with two attached hydrogens (primary N) is 2. The minimum Gasteiger partial charge on any atom is -0.366 e. The Kier molecular flexibility index (Phi) is 4.74. The molecule has 5 N–H and O–H groups in total. The Hall–Kier alpha value is -1.62. The van der Waals surface area contributed by atoms with Crippen LogP contribution < -0.4 is 16.8 Å². The molecule has 1 fully saturated rings. The second kappa shape index (κ2) is 6.52. The van der Waals surface area contributed by atoms with Gasteiger partial charge in [-0.05, 0) is 30.9 Å². The van der Waals surface area contributed by atoms with Gasteiger partial charge in [-0.2, -0.15) is 0 Å². The van der Waals surface area contributed by atoms with E-state index in [9.17, 15) is 4.79 Å². The van der Waals surface area contributed by atoms with Crippen molar-refractivity contribution in [1.29, 1.82) is 0 Å². The van der Waals surface area contributed by atoms with Crippen molar-refractivity contribution in [2.24, 2.45) is 17.4 Å². The minimum atomic E-state index is -0.509. The highest BCUT2D eigenvalue weighted by atomic mass is 16.1. The SMILES string of the molecule is NCC(Nc1cccc(C(N)=O)n1)C1CCCCC1. The average molecular weight is 262 g/mol. The van der Waals surface area contributed by atoms with Crippen molar-refractivity contribution < 1.29 is 4.79 Å². The molecule has 1 heterocycles. The summed E-state index contributed by atoms with van der Waals surface area (Å²) >= 11 is 0. The molecule has 1 aliphatic rings. The molecule has 1 unspecified atom stereocenters. The number of carbonyl (C=O) groups excluding carboxylic acids is 1. The van der Waals surface area contributed by atoms with Gasteiger partial charge in [0.05, 0.1) is 0 Å². The number of primary amides is 1. The Morgan fingerprint density at radius 1 is 1.37 bits per heavy atom. The van der Waals surface area contributed by atoms with Crippen molar-refractivity contribution >= 4 is 11.7 Å². The lowest BCUT2D eigenvalue weighted by Gasteiger charge is -2.30. The van der Waals surface area contributed by atoms with Gasteiger partial charge in [-0.1, -0.05) is 25.3 Å². The van der Waals surface area contributed by atoms with Crippen molar-refractivity contribution in [3.05, 3.63) is 23.9 Å². The van der Waals surface area contributed by atoms with Crippen molar-refractivity contribution in [2.75, 3.05) is 11.9 Å². The van der Waals surface area contributed by atoms with Crippen LogP contribution in [0, 0.1) is 5.92 Å². The fraction of sp³-hybridized carbons (Fsp3) is 0.571. The molecule has 1 atom stereocenters. The number of amides is 1. The molecule has 2 rings (SSSR count). The van der Waals surface area contributed by atoms with E-state index in [1.54, 1.807) is 12.1 Å². The summed E-state index contributed by atoms with van der Waals surface area (Å²) in [5, 5.41) is 3.35. The van der Waals surface area contributed by atoms with Crippen LogP contribution in [0.25, 0.3) is 0 Å². The monoisotopic (exact) mass is 262 g/mol. The average Bonchev–Trinajstić information content (AvgIpc) is 2.46. The van der Waals surface area contributed by atoms with Gasteiger partial charge in [0.15, 0.2) is 0 Å². The van der Waals surface area contributed by atoms with Crippen molar-refractivity contribution in [3.8, 4) is 0 Å². The van der Waals surface area contributed by atoms with E-state index in [1.165, 1.54) is 32.1 Å². The number of carbonyl (C=O) groups is 1. The van der Waals surface area contributed by atoms with Gasteiger partial charge in [-0.3, -0.25) is 4.79 Å². The van der Waals surface area contributed by atoms with Gasteiger partial charge in [0.2, 0.25) is 0 Å². The van der Waals surface area contributed by atoms with E-state index >= 15 is 0 Å². The van der Waals surface area contributed by atoms with Crippen LogP contribution in [0.5, 0.6) is 0 Å². The van der Waals surface area contributed by atoms with Gasteiger partial charge in [0.25, 0.3) is 5.91 Å². The molecule has 0 spiro atoms. The first kappa shape index (κ1) is 13.8. The summed E-state index contributed by atoms with van der Waals surface area (Å²) in [4.78, 5) is 15.3. The third-order valence-corrected chi connectivity index (χ3v) is 3.81. The van der Waals surface area contributed by atoms with Gasteiger partial charge in [-0.25, -0.2) is 4.98 Å². The van der Waals surface area contributed by atoms with E-state index in [0.29, 0.717) is 18.3 Å². The fourth-order valence-corrected chi connectivity index (χ4v) is 2.75. The predicted molar refractivity (Wildman–Crippen MR) is 75.8 cm³/mol. The quantitative estimate of drug-likeness (QED) is 0.749. The summed E-state index contributed by atoms with van der Waals surface area (Å²) in [6, 6.07) is 5.46. The molecule has 104 valence electrons. The maximum Gasteiger partial charge on any atom is 0.267 e. The van der Waals surface area contributed by atoms with Crippen LogP contribution in [0.3, 0.4) is 0 Å². The number of rotatable bonds is 5. The van der Waals surface area contributed by atoms with Crippen molar-refractivity contribution in [1.82, 2.24) is 4.98 Å². The molecule has 5 nitrogen and oxygen atoms in total. The smallest absolute Gasteiger partial charge is 0.267 e. The molecule has 1 aromatic heterocycles. The molecule has 1 saturated carbocycles. The largest absolute Gasteiger partial charge is 0.366 e. The highest BCUT2D eigenvalue weighted by molar-refractivity contribution is 5.91. The predicted octanol–water partition coefficient (Wildman–Crippen LogP) is 1.50. The first-order valence-electron chi connectivity index (χ1n) is 6.94. The van der Waals surface area contributed by atoms with Gasteiger partial charge in [0, 0.05) is 12.6 Å². The maximum atomic E-state index is 11.1. The molecule has 1 aromatic rings. The lowest BCUT2D eigenvalue weighted by molar-refractivity contribution is 0.0995. The molecule has 0 saturated heterocycles. The standard InChI is InChI=1S/C14H22N4O/c15-9-12(10-5-2-1-3-6-10)18-13-8-4-7-11(17-13)14(16)19/h4,7-8,10,12H,1-3,5-6,9,15H2,(H2,16,19)(H,17,18). The Morgan fingerprint density at radius 2 is 2.11 bits per heavy atom. The van der Waals surface area contributed by atoms with Gasteiger partial charge in [0.1, 0.15) is 11.5 Å². The Morgan fingerprint density at radius 3 is 2.74 bits per heavy atom. The van der Waals surface area contributed by atoms with Crippen LogP contribution in [-0.4, -0.2) is 23.5 Å². The number of nitrogens with zero attached hydrogens (tertiary/aromatic N) is 1. The molecular weight excluding hydrogens is 240 g/mol. The van der Waals surface area contributed by atoms with E-state index < -0.39 is 5.91 Å². The topological polar surface area (TPSA) is 94.0 Å². The summed E-state index contributed by atoms with van der Waals surface area (Å²) in [6.45, 7) is 0.577. The van der Waals surface area contributed by atoms with Crippen LogP contribution in [0.4, 0.5) is 5.82 Å². The van der Waals surface area contributed by atoms with Crippen LogP contribution in [0.2, 0.25) is 0 Å². The first-order chi connectivity index (χ1) is 9.20. The number of hydrogen-bond acceptors (Lipinski definition) is 4. The summed E-state index contributed by atoms with van der Waals surface area (Å²) in [5.41, 5.74) is 11.4. The molecule has 0 aromatic carbocycles. The molecule has 0 aliphatic heterocycles. The van der Waals surface area contributed by atoms with Crippen molar-refractivity contribution in [3.63, 3.8) is 0 Å². The molecule has 0 radical (unpaired) electrons. The molecule has 0 bridgehead atoms. The van der Waals surface area contributed by atoms with E-state index in [1.807, 2.05) is 6.07 Å². The van der Waals surface area contributed by atoms with E-state index in [-0.39, 0.29) is 11.7 Å². The molecule has 1 aliphatic carbocycles. The lowest BCUT2D eigenvalue weighted by Crippen LogP contribution is -2.37. The van der Waals surface area contributed by atoms with Crippen LogP contribution in [-0.2, 0) is 0 Å². The number of nitrogens with one attached hydrogen (secondary N) is 1. The second-order valence-corrected chi connectivity index (χ2v) is 5.16. The Labute approximate surface area is 113 Å². The summed E-state index contributed by atoms with van der Waals surface area (Å²) in [5.74, 6) is 0.765. The number of aromatic nitrogens is 1. The first-order valence-corrected chi connectivity index (χ1v) is 6.94. The zero-order valence-electron chi connectivity index (χ0n) is 11.1. The third kappa shape index (κ3) is 3.67. The van der Waals surface area contributed by atoms with Crippen LogP contribution in [0.1, 0.15) is 42.6 Å². The summed E-state index contributed by atoms with van der Waals surface area (Å²) < 4.78 is 0. The third-order valence-electron chi connectivity index (χ3n) is 3.81. The molecule has 1 amide bonds. The highest BCUT2D eigenvalue weighted by Gasteiger charge is 2.22. The zero-order valence-corrected chi connectivity index (χ0v) is 11.1. The molecular formula is C14H22N4O.